The van der Waals surface area contributed by atoms with Gasteiger partial charge in [0.25, 0.3) is 0 Å². The molecular formula is C20H30O2. The minimum atomic E-state index is -0.434. The molecule has 0 spiro atoms. The zero-order valence-corrected chi connectivity index (χ0v) is 14.2. The molecule has 1 saturated carbocycles. The third-order valence-electron chi connectivity index (χ3n) is 5.60. The molecule has 2 bridgehead atoms. The van der Waals surface area contributed by atoms with Crippen LogP contribution in [0, 0.1) is 23.7 Å². The lowest BCUT2D eigenvalue weighted by Crippen LogP contribution is -2.39. The van der Waals surface area contributed by atoms with Crippen molar-refractivity contribution in [3.8, 4) is 0 Å². The molecule has 2 nitrogen and oxygen atoms in total. The second-order valence-corrected chi connectivity index (χ2v) is 7.38. The van der Waals surface area contributed by atoms with Crippen LogP contribution in [0.2, 0.25) is 0 Å². The average molecular weight is 302 g/mol. The van der Waals surface area contributed by atoms with Gasteiger partial charge < -0.3 is 5.11 Å². The summed E-state index contributed by atoms with van der Waals surface area (Å²) >= 11 is 0. The Bertz CT molecular complexity index is 482. The first kappa shape index (κ1) is 17.2. The van der Waals surface area contributed by atoms with Crippen molar-refractivity contribution >= 4 is 6.29 Å². The summed E-state index contributed by atoms with van der Waals surface area (Å²) in [4.78, 5) is 11.5. The van der Waals surface area contributed by atoms with Crippen molar-refractivity contribution in [2.24, 2.45) is 23.7 Å². The van der Waals surface area contributed by atoms with Gasteiger partial charge in [0.2, 0.25) is 0 Å². The van der Waals surface area contributed by atoms with E-state index in [4.69, 9.17) is 0 Å². The Morgan fingerprint density at radius 2 is 2.23 bits per heavy atom. The number of carbonyl (C=O) groups excluding carboxylic acids is 1. The molecule has 0 heterocycles. The minimum absolute atomic E-state index is 0.00259. The monoisotopic (exact) mass is 302 g/mol. The van der Waals surface area contributed by atoms with E-state index in [1.165, 1.54) is 5.57 Å². The molecule has 2 aliphatic rings. The largest absolute Gasteiger partial charge is 0.392 e. The highest BCUT2D eigenvalue weighted by atomic mass is 16.3. The minimum Gasteiger partial charge on any atom is -0.392 e. The van der Waals surface area contributed by atoms with E-state index in [1.807, 2.05) is 6.08 Å². The van der Waals surface area contributed by atoms with Gasteiger partial charge in [-0.25, -0.2) is 0 Å². The Hall–Kier alpha value is -1.15. The third-order valence-corrected chi connectivity index (χ3v) is 5.60. The van der Waals surface area contributed by atoms with Crippen molar-refractivity contribution in [2.45, 2.75) is 59.0 Å². The van der Waals surface area contributed by atoms with Crippen molar-refractivity contribution < 1.29 is 9.90 Å². The molecule has 1 N–H and O–H groups in total. The molecule has 2 aliphatic carbocycles. The van der Waals surface area contributed by atoms with Gasteiger partial charge in [-0.05, 0) is 63.4 Å². The predicted octanol–water partition coefficient (Wildman–Crippen LogP) is 4.46. The number of hydrogen-bond acceptors (Lipinski definition) is 2. The maximum atomic E-state index is 11.5. The zero-order valence-electron chi connectivity index (χ0n) is 14.2. The summed E-state index contributed by atoms with van der Waals surface area (Å²) in [7, 11) is 0. The highest BCUT2D eigenvalue weighted by Gasteiger charge is 2.43. The van der Waals surface area contributed by atoms with Crippen LogP contribution < -0.4 is 0 Å². The molecule has 5 atom stereocenters. The maximum absolute atomic E-state index is 11.5. The molecule has 2 rings (SSSR count). The highest BCUT2D eigenvalue weighted by molar-refractivity contribution is 5.74. The summed E-state index contributed by atoms with van der Waals surface area (Å²) in [5.74, 6) is 1.02. The number of hydrogen-bond donors (Lipinski definition) is 1. The predicted molar refractivity (Wildman–Crippen MR) is 91.4 cm³/mol. The first-order valence-electron chi connectivity index (χ1n) is 8.60. The molecule has 0 aromatic heterocycles. The van der Waals surface area contributed by atoms with Crippen LogP contribution in [-0.4, -0.2) is 17.5 Å². The number of fused-ring (bicyclic) bond motifs is 2. The molecule has 122 valence electrons. The van der Waals surface area contributed by atoms with Gasteiger partial charge in [0.05, 0.1) is 6.10 Å². The van der Waals surface area contributed by atoms with Crippen LogP contribution in [0.15, 0.2) is 35.5 Å². The summed E-state index contributed by atoms with van der Waals surface area (Å²) in [6, 6.07) is 0. The molecular weight excluding hydrogens is 272 g/mol. The fraction of sp³-hybridized carbons (Fsp3) is 0.650. The van der Waals surface area contributed by atoms with E-state index in [0.29, 0.717) is 11.8 Å². The normalized spacial score (nSPS) is 32.7. The highest BCUT2D eigenvalue weighted by Crippen LogP contribution is 2.46. The summed E-state index contributed by atoms with van der Waals surface area (Å²) in [5.41, 5.74) is 3.34. The standard InChI is InChI=1S/C20H30O2/c1-13(2)6-5-7-14(3)17-10-8-15(4)18-11-9-16(12-21)19(17)20(18)22/h6,9,12,14,17-20,22H,4-5,7-8,10-11H2,1-3H3/t14-,17+,18+,19-,20-/m1/s1. The topological polar surface area (TPSA) is 37.3 Å². The molecule has 0 aromatic rings. The molecule has 0 aromatic carbocycles. The van der Waals surface area contributed by atoms with Crippen LogP contribution in [0.1, 0.15) is 52.9 Å². The SMILES string of the molecule is C=C1CC[C@@H]([C@H](C)CCC=C(C)C)[C@H]2C(C=O)=CC[C@@H]1[C@H]2O. The number of carbonyl (C=O) groups is 1. The number of aliphatic hydroxyl groups is 1. The van der Waals surface area contributed by atoms with Crippen molar-refractivity contribution in [2.75, 3.05) is 0 Å². The summed E-state index contributed by atoms with van der Waals surface area (Å²) < 4.78 is 0. The molecule has 1 fully saturated rings. The van der Waals surface area contributed by atoms with Gasteiger partial charge in [-0.15, -0.1) is 0 Å². The lowest BCUT2D eigenvalue weighted by atomic mass is 9.69. The summed E-state index contributed by atoms with van der Waals surface area (Å²) in [6.07, 6.45) is 9.83. The van der Waals surface area contributed by atoms with Crippen molar-refractivity contribution in [1.29, 1.82) is 0 Å². The van der Waals surface area contributed by atoms with Crippen molar-refractivity contribution in [3.05, 3.63) is 35.5 Å². The van der Waals surface area contributed by atoms with Crippen LogP contribution in [0.3, 0.4) is 0 Å². The van der Waals surface area contributed by atoms with E-state index < -0.39 is 6.10 Å². The first-order valence-corrected chi connectivity index (χ1v) is 8.60. The second-order valence-electron chi connectivity index (χ2n) is 7.38. The van der Waals surface area contributed by atoms with Crippen LogP contribution in [-0.2, 0) is 4.79 Å². The molecule has 0 saturated heterocycles. The summed E-state index contributed by atoms with van der Waals surface area (Å²) in [6.45, 7) is 10.7. The molecule has 0 aliphatic heterocycles. The Balaban J connectivity index is 2.19. The van der Waals surface area contributed by atoms with Crippen LogP contribution in [0.5, 0.6) is 0 Å². The smallest absolute Gasteiger partial charge is 0.146 e. The molecule has 0 unspecified atom stereocenters. The van der Waals surface area contributed by atoms with Gasteiger partial charge >= 0.3 is 0 Å². The zero-order chi connectivity index (χ0) is 16.3. The van der Waals surface area contributed by atoms with Gasteiger partial charge in [-0.3, -0.25) is 4.79 Å². The number of allylic oxidation sites excluding steroid dienone is 3. The van der Waals surface area contributed by atoms with E-state index in [2.05, 4.69) is 33.4 Å². The van der Waals surface area contributed by atoms with Gasteiger partial charge in [0.15, 0.2) is 0 Å². The Labute approximate surface area is 135 Å². The molecule has 0 radical (unpaired) electrons. The number of rotatable bonds is 5. The van der Waals surface area contributed by atoms with Gasteiger partial charge in [-0.1, -0.05) is 36.8 Å². The Morgan fingerprint density at radius 3 is 2.86 bits per heavy atom. The van der Waals surface area contributed by atoms with Gasteiger partial charge in [-0.2, -0.15) is 0 Å². The van der Waals surface area contributed by atoms with E-state index in [1.54, 1.807) is 0 Å². The fourth-order valence-electron chi connectivity index (χ4n) is 4.23. The second kappa shape index (κ2) is 7.41. The third kappa shape index (κ3) is 3.60. The Morgan fingerprint density at radius 1 is 1.50 bits per heavy atom. The first-order chi connectivity index (χ1) is 10.5. The van der Waals surface area contributed by atoms with Crippen molar-refractivity contribution in [3.63, 3.8) is 0 Å². The average Bonchev–Trinajstić information content (AvgIpc) is 2.54. The fourth-order valence-corrected chi connectivity index (χ4v) is 4.23. The van der Waals surface area contributed by atoms with Gasteiger partial charge in [0.1, 0.15) is 6.29 Å². The molecule has 2 heteroatoms. The molecule has 0 amide bonds. The number of aldehydes is 1. The van der Waals surface area contributed by atoms with Gasteiger partial charge in [0, 0.05) is 11.8 Å². The van der Waals surface area contributed by atoms with E-state index in [9.17, 15) is 9.90 Å². The van der Waals surface area contributed by atoms with Crippen LogP contribution in [0.25, 0.3) is 0 Å². The lowest BCUT2D eigenvalue weighted by molar-refractivity contribution is -0.106. The molecule has 22 heavy (non-hydrogen) atoms. The maximum Gasteiger partial charge on any atom is 0.146 e. The van der Waals surface area contributed by atoms with Crippen molar-refractivity contribution in [1.82, 2.24) is 0 Å². The Kier molecular flexibility index (Phi) is 5.80. The van der Waals surface area contributed by atoms with E-state index >= 15 is 0 Å². The van der Waals surface area contributed by atoms with E-state index in [-0.39, 0.29) is 11.8 Å². The summed E-state index contributed by atoms with van der Waals surface area (Å²) in [5, 5.41) is 10.8. The van der Waals surface area contributed by atoms with Crippen LogP contribution >= 0.6 is 0 Å². The van der Waals surface area contributed by atoms with Crippen LogP contribution in [0.4, 0.5) is 0 Å². The lowest BCUT2D eigenvalue weighted by Gasteiger charge is -2.38. The quantitative estimate of drug-likeness (QED) is 0.601. The van der Waals surface area contributed by atoms with E-state index in [0.717, 1.165) is 49.5 Å². The number of aliphatic hydroxyl groups excluding tert-OH is 1.